The van der Waals surface area contributed by atoms with Gasteiger partial charge in [0.15, 0.2) is 17.8 Å². The Morgan fingerprint density at radius 1 is 1.00 bits per heavy atom. The highest BCUT2D eigenvalue weighted by molar-refractivity contribution is 5.52. The van der Waals surface area contributed by atoms with Crippen molar-refractivity contribution in [3.8, 4) is 17.2 Å². The van der Waals surface area contributed by atoms with Crippen LogP contribution < -0.4 is 9.47 Å². The molecule has 1 saturated heterocycles. The van der Waals surface area contributed by atoms with E-state index >= 15 is 0 Å². The van der Waals surface area contributed by atoms with Crippen LogP contribution in [-0.4, -0.2) is 94.9 Å². The van der Waals surface area contributed by atoms with Crippen molar-refractivity contribution in [1.29, 1.82) is 0 Å². The summed E-state index contributed by atoms with van der Waals surface area (Å²) in [7, 11) is 2.76. The highest BCUT2D eigenvalue weighted by Gasteiger charge is 2.44. The van der Waals surface area contributed by atoms with Crippen LogP contribution in [0.1, 0.15) is 5.56 Å². The molecule has 27 heavy (non-hydrogen) atoms. The Morgan fingerprint density at radius 3 is 2.07 bits per heavy atom. The second kappa shape index (κ2) is 9.51. The highest BCUT2D eigenvalue weighted by Crippen LogP contribution is 2.37. The van der Waals surface area contributed by atoms with Gasteiger partial charge in [-0.05, 0) is 17.7 Å². The van der Waals surface area contributed by atoms with Gasteiger partial charge in [0.05, 0.1) is 33.5 Å². The average Bonchev–Trinajstić information content (AvgIpc) is 2.68. The fourth-order valence-electron chi connectivity index (χ4n) is 2.85. The molecule has 2 rings (SSSR count). The van der Waals surface area contributed by atoms with E-state index in [1.165, 1.54) is 26.4 Å². The molecule has 1 aliphatic heterocycles. The Hall–Kier alpha value is -1.66. The summed E-state index contributed by atoms with van der Waals surface area (Å²) in [5.74, 6) is 0.182. The van der Waals surface area contributed by atoms with Crippen molar-refractivity contribution in [1.82, 2.24) is 0 Å². The van der Waals surface area contributed by atoms with E-state index < -0.39 is 50.0 Å². The first-order valence-corrected chi connectivity index (χ1v) is 8.36. The molecule has 0 spiro atoms. The summed E-state index contributed by atoms with van der Waals surface area (Å²) in [5.41, 5.74) is 0.602. The summed E-state index contributed by atoms with van der Waals surface area (Å²) in [4.78, 5) is 0. The van der Waals surface area contributed by atoms with Gasteiger partial charge in [-0.25, -0.2) is 0 Å². The zero-order valence-electron chi connectivity index (χ0n) is 15.1. The van der Waals surface area contributed by atoms with Gasteiger partial charge in [0.2, 0.25) is 5.75 Å². The average molecular weight is 390 g/mol. The van der Waals surface area contributed by atoms with Gasteiger partial charge in [0, 0.05) is 6.42 Å². The maximum absolute atomic E-state index is 10.0. The van der Waals surface area contributed by atoms with Crippen molar-refractivity contribution >= 4 is 0 Å². The van der Waals surface area contributed by atoms with Gasteiger partial charge >= 0.3 is 0 Å². The second-order valence-corrected chi connectivity index (χ2v) is 6.19. The Bertz CT molecular complexity index is 582. The normalized spacial score (nSPS) is 29.4. The number of hydrogen-bond acceptors (Lipinski definition) is 10. The van der Waals surface area contributed by atoms with Gasteiger partial charge in [0.25, 0.3) is 0 Å². The molecule has 1 aliphatic rings. The predicted molar refractivity (Wildman–Crippen MR) is 90.6 cm³/mol. The Labute approximate surface area is 156 Å². The Kier molecular flexibility index (Phi) is 7.62. The van der Waals surface area contributed by atoms with E-state index in [1.807, 2.05) is 0 Å². The smallest absolute Gasteiger partial charge is 0.200 e. The molecule has 1 unspecified atom stereocenters. The fraction of sp³-hybridized carbons (Fsp3) is 0.647. The number of methoxy groups -OCH3 is 2. The summed E-state index contributed by atoms with van der Waals surface area (Å²) in [6.45, 7) is -1.03. The number of aliphatic hydroxyl groups is 5. The molecule has 154 valence electrons. The molecule has 0 radical (unpaired) electrons. The standard InChI is InChI=1S/C17H26O10/c1-24-10-4-8(5-11(25-2)13(10)20)3-9(6-18)26-17-16(23)15(22)14(21)12(7-19)27-17/h4-5,9,12,14-23H,3,6-7H2,1-2H3/t9?,12-,14-,15+,16-,17-/m1/s1. The lowest BCUT2D eigenvalue weighted by atomic mass is 9.99. The van der Waals surface area contributed by atoms with E-state index in [4.69, 9.17) is 18.9 Å². The second-order valence-electron chi connectivity index (χ2n) is 6.19. The fourth-order valence-corrected chi connectivity index (χ4v) is 2.85. The van der Waals surface area contributed by atoms with Crippen LogP contribution in [0.25, 0.3) is 0 Å². The molecular weight excluding hydrogens is 364 g/mol. The van der Waals surface area contributed by atoms with Crippen molar-refractivity contribution in [2.45, 2.75) is 43.2 Å². The van der Waals surface area contributed by atoms with E-state index in [2.05, 4.69) is 0 Å². The summed E-state index contributed by atoms with van der Waals surface area (Å²) in [6, 6.07) is 3.08. The zero-order valence-corrected chi connectivity index (χ0v) is 15.1. The van der Waals surface area contributed by atoms with Gasteiger partial charge < -0.3 is 49.6 Å². The number of hydrogen-bond donors (Lipinski definition) is 6. The van der Waals surface area contributed by atoms with E-state index in [9.17, 15) is 30.6 Å². The number of aliphatic hydroxyl groups excluding tert-OH is 5. The van der Waals surface area contributed by atoms with Crippen LogP contribution >= 0.6 is 0 Å². The molecule has 1 fully saturated rings. The quantitative estimate of drug-likeness (QED) is 0.297. The van der Waals surface area contributed by atoms with E-state index in [0.29, 0.717) is 5.56 Å². The molecule has 1 aromatic rings. The van der Waals surface area contributed by atoms with Gasteiger partial charge in [-0.15, -0.1) is 0 Å². The predicted octanol–water partition coefficient (Wildman–Crippen LogP) is -1.87. The zero-order chi connectivity index (χ0) is 20.1. The number of phenolic OH excluding ortho intramolecular Hbond substituents is 1. The Morgan fingerprint density at radius 2 is 1.59 bits per heavy atom. The van der Waals surface area contributed by atoms with E-state index in [-0.39, 0.29) is 23.7 Å². The molecule has 6 N–H and O–H groups in total. The molecular formula is C17H26O10. The molecule has 0 amide bonds. The lowest BCUT2D eigenvalue weighted by Crippen LogP contribution is -2.59. The maximum Gasteiger partial charge on any atom is 0.200 e. The maximum atomic E-state index is 10.0. The molecule has 1 aromatic carbocycles. The van der Waals surface area contributed by atoms with Crippen LogP contribution in [0.2, 0.25) is 0 Å². The monoisotopic (exact) mass is 390 g/mol. The number of rotatable bonds is 8. The molecule has 0 bridgehead atoms. The third kappa shape index (κ3) is 4.79. The minimum Gasteiger partial charge on any atom is -0.502 e. The first-order valence-electron chi connectivity index (χ1n) is 8.36. The SMILES string of the molecule is COc1cc(CC(CO)O[C@@H]2O[C@H](CO)[C@@H](O)[C@H](O)[C@H]2O)cc(OC)c1O. The summed E-state index contributed by atoms with van der Waals surface area (Å²) in [6.07, 6.45) is -7.83. The van der Waals surface area contributed by atoms with Gasteiger partial charge in [-0.2, -0.15) is 0 Å². The Balaban J connectivity index is 2.13. The lowest BCUT2D eigenvalue weighted by Gasteiger charge is -2.40. The van der Waals surface area contributed by atoms with Crippen molar-refractivity contribution in [2.75, 3.05) is 27.4 Å². The molecule has 0 saturated carbocycles. The van der Waals surface area contributed by atoms with E-state index in [1.54, 1.807) is 0 Å². The van der Waals surface area contributed by atoms with Crippen molar-refractivity contribution in [3.63, 3.8) is 0 Å². The first kappa shape index (κ1) is 21.6. The largest absolute Gasteiger partial charge is 0.502 e. The topological polar surface area (TPSA) is 158 Å². The number of benzene rings is 1. The van der Waals surface area contributed by atoms with Crippen LogP contribution in [0.4, 0.5) is 0 Å². The number of ether oxygens (including phenoxy) is 4. The van der Waals surface area contributed by atoms with Crippen LogP contribution in [-0.2, 0) is 15.9 Å². The minimum atomic E-state index is -1.57. The lowest BCUT2D eigenvalue weighted by molar-refractivity contribution is -0.313. The van der Waals surface area contributed by atoms with Gasteiger partial charge in [-0.1, -0.05) is 0 Å². The molecule has 10 heteroatoms. The minimum absolute atomic E-state index is 0.137. The summed E-state index contributed by atoms with van der Waals surface area (Å²) in [5, 5.41) is 58.4. The number of aromatic hydroxyl groups is 1. The third-order valence-corrected chi connectivity index (χ3v) is 4.38. The first-order chi connectivity index (χ1) is 12.9. The van der Waals surface area contributed by atoms with Gasteiger partial charge in [0.1, 0.15) is 24.4 Å². The van der Waals surface area contributed by atoms with Crippen molar-refractivity contribution in [2.24, 2.45) is 0 Å². The highest BCUT2D eigenvalue weighted by atomic mass is 16.7. The van der Waals surface area contributed by atoms with Crippen LogP contribution in [0.3, 0.4) is 0 Å². The molecule has 0 aliphatic carbocycles. The summed E-state index contributed by atoms with van der Waals surface area (Å²) >= 11 is 0. The number of phenols is 1. The molecule has 10 nitrogen and oxygen atoms in total. The van der Waals surface area contributed by atoms with Crippen LogP contribution in [0, 0.1) is 0 Å². The van der Waals surface area contributed by atoms with E-state index in [0.717, 1.165) is 0 Å². The van der Waals surface area contributed by atoms with Crippen LogP contribution in [0.5, 0.6) is 17.2 Å². The third-order valence-electron chi connectivity index (χ3n) is 4.38. The van der Waals surface area contributed by atoms with Crippen molar-refractivity contribution < 1.29 is 49.6 Å². The molecule has 6 atom stereocenters. The van der Waals surface area contributed by atoms with Crippen LogP contribution in [0.15, 0.2) is 12.1 Å². The van der Waals surface area contributed by atoms with Crippen molar-refractivity contribution in [3.05, 3.63) is 17.7 Å². The molecule has 1 heterocycles. The van der Waals surface area contributed by atoms with Gasteiger partial charge in [-0.3, -0.25) is 0 Å². The molecule has 0 aromatic heterocycles. The summed E-state index contributed by atoms with van der Waals surface area (Å²) < 4.78 is 21.0.